The van der Waals surface area contributed by atoms with Gasteiger partial charge in [-0.15, -0.1) is 24.0 Å². The van der Waals surface area contributed by atoms with Gasteiger partial charge in [0.15, 0.2) is 5.96 Å². The highest BCUT2D eigenvalue weighted by Crippen LogP contribution is 2.19. The Hall–Kier alpha value is -0.260. The summed E-state index contributed by atoms with van der Waals surface area (Å²) in [4.78, 5) is 4.27. The normalized spacial score (nSPS) is 20.5. The van der Waals surface area contributed by atoms with E-state index in [0.717, 1.165) is 12.5 Å². The minimum absolute atomic E-state index is 0. The lowest BCUT2D eigenvalue weighted by Gasteiger charge is -2.28. The van der Waals surface area contributed by atoms with Gasteiger partial charge in [-0.3, -0.25) is 4.99 Å². The number of halogens is 1. The highest BCUT2D eigenvalue weighted by molar-refractivity contribution is 14.0. The Balaban J connectivity index is 0.00000162. The van der Waals surface area contributed by atoms with Gasteiger partial charge in [0, 0.05) is 19.6 Å². The molecule has 0 radical (unpaired) electrons. The summed E-state index contributed by atoms with van der Waals surface area (Å²) in [5, 5.41) is 6.87. The lowest BCUT2D eigenvalue weighted by molar-refractivity contribution is 0.380. The Morgan fingerprint density at radius 3 is 2.72 bits per heavy atom. The first-order valence-electron chi connectivity index (χ1n) is 7.03. The second kappa shape index (κ2) is 8.77. The zero-order chi connectivity index (χ0) is 11.9. The molecule has 0 unspecified atom stereocenters. The smallest absolute Gasteiger partial charge is 0.191 e. The molecule has 0 amide bonds. The zero-order valence-electron chi connectivity index (χ0n) is 11.4. The average Bonchev–Trinajstić information content (AvgIpc) is 2.32. The molecule has 2 aliphatic carbocycles. The predicted molar refractivity (Wildman–Crippen MR) is 88.7 cm³/mol. The molecule has 0 aliphatic heterocycles. The van der Waals surface area contributed by atoms with Crippen molar-refractivity contribution in [3.8, 4) is 0 Å². The van der Waals surface area contributed by atoms with Gasteiger partial charge in [-0.2, -0.15) is 0 Å². The largest absolute Gasteiger partial charge is 0.356 e. The molecule has 104 valence electrons. The molecule has 3 nitrogen and oxygen atoms in total. The van der Waals surface area contributed by atoms with Crippen LogP contribution < -0.4 is 10.6 Å². The van der Waals surface area contributed by atoms with E-state index in [-0.39, 0.29) is 24.0 Å². The highest BCUT2D eigenvalue weighted by Gasteiger charge is 2.17. The van der Waals surface area contributed by atoms with Crippen LogP contribution in [0.4, 0.5) is 0 Å². The Morgan fingerprint density at radius 2 is 2.17 bits per heavy atom. The first-order chi connectivity index (χ1) is 8.38. The van der Waals surface area contributed by atoms with E-state index in [1.807, 2.05) is 7.05 Å². The third-order valence-corrected chi connectivity index (χ3v) is 3.79. The van der Waals surface area contributed by atoms with Crippen molar-refractivity contribution in [1.29, 1.82) is 0 Å². The number of nitrogens with one attached hydrogen (secondary N) is 2. The number of guanidine groups is 1. The van der Waals surface area contributed by atoms with Crippen LogP contribution in [0, 0.1) is 0 Å². The summed E-state index contributed by atoms with van der Waals surface area (Å²) < 4.78 is 0. The molecule has 0 bridgehead atoms. The average molecular weight is 363 g/mol. The SMILES string of the molecule is CN=C(NCCC1=CCCCC1)NC1CCC1.I. The fraction of sp³-hybridized carbons (Fsp3) is 0.786. The molecule has 18 heavy (non-hydrogen) atoms. The summed E-state index contributed by atoms with van der Waals surface area (Å²) in [7, 11) is 1.86. The molecule has 0 saturated heterocycles. The van der Waals surface area contributed by atoms with Crippen molar-refractivity contribution >= 4 is 29.9 Å². The highest BCUT2D eigenvalue weighted by atomic mass is 127. The molecular formula is C14H26IN3. The van der Waals surface area contributed by atoms with Crippen molar-refractivity contribution in [1.82, 2.24) is 10.6 Å². The molecule has 2 rings (SSSR count). The van der Waals surface area contributed by atoms with Crippen molar-refractivity contribution in [2.24, 2.45) is 4.99 Å². The molecule has 2 N–H and O–H groups in total. The summed E-state index contributed by atoms with van der Waals surface area (Å²) in [5.41, 5.74) is 1.63. The molecule has 0 spiro atoms. The maximum absolute atomic E-state index is 4.27. The van der Waals surface area contributed by atoms with Gasteiger partial charge < -0.3 is 10.6 Å². The monoisotopic (exact) mass is 363 g/mol. The number of rotatable bonds is 4. The Bertz CT molecular complexity index is 295. The molecule has 0 aromatic heterocycles. The van der Waals surface area contributed by atoms with E-state index >= 15 is 0 Å². The van der Waals surface area contributed by atoms with E-state index in [0.29, 0.717) is 6.04 Å². The van der Waals surface area contributed by atoms with E-state index in [4.69, 9.17) is 0 Å². The third-order valence-electron chi connectivity index (χ3n) is 3.79. The van der Waals surface area contributed by atoms with Crippen molar-refractivity contribution in [2.75, 3.05) is 13.6 Å². The van der Waals surface area contributed by atoms with Gasteiger partial charge in [-0.05, 0) is 51.4 Å². The van der Waals surface area contributed by atoms with Crippen LogP contribution in [-0.2, 0) is 0 Å². The first-order valence-corrected chi connectivity index (χ1v) is 7.03. The summed E-state index contributed by atoms with van der Waals surface area (Å²) in [6.07, 6.45) is 12.9. The summed E-state index contributed by atoms with van der Waals surface area (Å²) in [5.74, 6) is 0.978. The van der Waals surface area contributed by atoms with Gasteiger partial charge in [0.05, 0.1) is 0 Å². The molecule has 4 heteroatoms. The number of aliphatic imine (C=N–C) groups is 1. The molecule has 0 aromatic carbocycles. The second-order valence-corrected chi connectivity index (χ2v) is 5.13. The van der Waals surface area contributed by atoms with Gasteiger partial charge >= 0.3 is 0 Å². The zero-order valence-corrected chi connectivity index (χ0v) is 13.7. The fourth-order valence-electron chi connectivity index (χ4n) is 2.41. The lowest BCUT2D eigenvalue weighted by atomic mass is 9.93. The van der Waals surface area contributed by atoms with Gasteiger partial charge in [0.1, 0.15) is 0 Å². The first kappa shape index (κ1) is 15.8. The van der Waals surface area contributed by atoms with Crippen LogP contribution >= 0.6 is 24.0 Å². The van der Waals surface area contributed by atoms with Gasteiger partial charge in [-0.1, -0.05) is 11.6 Å². The minimum Gasteiger partial charge on any atom is -0.356 e. The molecule has 1 fully saturated rings. The molecular weight excluding hydrogens is 337 g/mol. The van der Waals surface area contributed by atoms with E-state index in [1.54, 1.807) is 5.57 Å². The van der Waals surface area contributed by atoms with Gasteiger partial charge in [-0.25, -0.2) is 0 Å². The van der Waals surface area contributed by atoms with E-state index < -0.39 is 0 Å². The van der Waals surface area contributed by atoms with Crippen molar-refractivity contribution in [3.05, 3.63) is 11.6 Å². The topological polar surface area (TPSA) is 36.4 Å². The number of nitrogens with zero attached hydrogens (tertiary/aromatic N) is 1. The van der Waals surface area contributed by atoms with Crippen LogP contribution in [-0.4, -0.2) is 25.6 Å². The second-order valence-electron chi connectivity index (χ2n) is 5.13. The van der Waals surface area contributed by atoms with Gasteiger partial charge in [0.2, 0.25) is 0 Å². The predicted octanol–water partition coefficient (Wildman–Crippen LogP) is 3.21. The lowest BCUT2D eigenvalue weighted by Crippen LogP contribution is -2.46. The molecule has 1 saturated carbocycles. The Kier molecular flexibility index (Phi) is 7.70. The maximum atomic E-state index is 4.27. The van der Waals surface area contributed by atoms with Crippen molar-refractivity contribution in [2.45, 2.75) is 57.4 Å². The molecule has 2 aliphatic rings. The molecule has 0 heterocycles. The van der Waals surface area contributed by atoms with Crippen LogP contribution in [0.25, 0.3) is 0 Å². The standard InChI is InChI=1S/C14H25N3.HI/c1-15-14(17-13-8-5-9-13)16-11-10-12-6-3-2-4-7-12;/h6,13H,2-5,7-11H2,1H3,(H2,15,16,17);1H. The third kappa shape index (κ3) is 5.16. The van der Waals surface area contributed by atoms with Crippen LogP contribution in [0.2, 0.25) is 0 Å². The quantitative estimate of drug-likeness (QED) is 0.348. The minimum atomic E-state index is 0. The van der Waals surface area contributed by atoms with Crippen LogP contribution in [0.5, 0.6) is 0 Å². The van der Waals surface area contributed by atoms with Crippen molar-refractivity contribution < 1.29 is 0 Å². The van der Waals surface area contributed by atoms with E-state index in [2.05, 4.69) is 21.7 Å². The van der Waals surface area contributed by atoms with Crippen LogP contribution in [0.15, 0.2) is 16.6 Å². The number of allylic oxidation sites excluding steroid dienone is 1. The van der Waals surface area contributed by atoms with E-state index in [1.165, 1.54) is 51.4 Å². The van der Waals surface area contributed by atoms with E-state index in [9.17, 15) is 0 Å². The van der Waals surface area contributed by atoms with Crippen LogP contribution in [0.3, 0.4) is 0 Å². The number of hydrogen-bond donors (Lipinski definition) is 2. The Labute approximate surface area is 128 Å². The summed E-state index contributed by atoms with van der Waals surface area (Å²) in [6.45, 7) is 1.01. The maximum Gasteiger partial charge on any atom is 0.191 e. The van der Waals surface area contributed by atoms with Gasteiger partial charge in [0.25, 0.3) is 0 Å². The fourth-order valence-corrected chi connectivity index (χ4v) is 2.41. The van der Waals surface area contributed by atoms with Crippen molar-refractivity contribution in [3.63, 3.8) is 0 Å². The summed E-state index contributed by atoms with van der Waals surface area (Å²) in [6, 6.07) is 0.662. The molecule has 0 atom stereocenters. The Morgan fingerprint density at radius 1 is 1.33 bits per heavy atom. The van der Waals surface area contributed by atoms with Crippen LogP contribution in [0.1, 0.15) is 51.4 Å². The number of hydrogen-bond acceptors (Lipinski definition) is 1. The molecule has 0 aromatic rings. The summed E-state index contributed by atoms with van der Waals surface area (Å²) >= 11 is 0.